The lowest BCUT2D eigenvalue weighted by Gasteiger charge is -2.48. The first-order valence-electron chi connectivity index (χ1n) is 9.28. The second-order valence-electron chi connectivity index (χ2n) is 7.68. The van der Waals surface area contributed by atoms with Gasteiger partial charge in [-0.25, -0.2) is 0 Å². The van der Waals surface area contributed by atoms with Gasteiger partial charge in [0.25, 0.3) is 0 Å². The summed E-state index contributed by atoms with van der Waals surface area (Å²) in [6, 6.07) is 2.53. The van der Waals surface area contributed by atoms with Crippen molar-refractivity contribution in [2.24, 2.45) is 11.8 Å². The van der Waals surface area contributed by atoms with Crippen molar-refractivity contribution in [2.75, 3.05) is 13.1 Å². The number of nitrogens with zero attached hydrogens (tertiary/aromatic N) is 1. The molecule has 1 saturated heterocycles. The highest BCUT2D eigenvalue weighted by Gasteiger charge is 2.41. The van der Waals surface area contributed by atoms with Gasteiger partial charge in [-0.2, -0.15) is 0 Å². The maximum Gasteiger partial charge on any atom is 0.0254 e. The third kappa shape index (κ3) is 3.06. The van der Waals surface area contributed by atoms with Crippen LogP contribution in [0.4, 0.5) is 0 Å². The minimum absolute atomic E-state index is 0.769. The first-order chi connectivity index (χ1) is 9.79. The third-order valence-electron chi connectivity index (χ3n) is 6.20. The van der Waals surface area contributed by atoms with Crippen LogP contribution in [0.25, 0.3) is 0 Å². The van der Waals surface area contributed by atoms with Crippen LogP contribution in [0.1, 0.15) is 71.6 Å². The molecular formula is C18H34N2. The Hall–Kier alpha value is -0.0800. The molecule has 0 radical (unpaired) electrons. The third-order valence-corrected chi connectivity index (χ3v) is 6.20. The van der Waals surface area contributed by atoms with Crippen molar-refractivity contribution in [3.63, 3.8) is 0 Å². The molecule has 3 rings (SSSR count). The van der Waals surface area contributed by atoms with Crippen LogP contribution >= 0.6 is 0 Å². The quantitative estimate of drug-likeness (QED) is 0.841. The Balaban J connectivity index is 1.69. The van der Waals surface area contributed by atoms with Gasteiger partial charge in [-0.1, -0.05) is 20.3 Å². The van der Waals surface area contributed by atoms with E-state index in [2.05, 4.69) is 24.1 Å². The Morgan fingerprint density at radius 1 is 1.00 bits per heavy atom. The fourth-order valence-corrected chi connectivity index (χ4v) is 5.19. The zero-order chi connectivity index (χ0) is 13.9. The number of piperidine rings is 1. The van der Waals surface area contributed by atoms with Gasteiger partial charge < -0.3 is 5.32 Å². The molecule has 1 heterocycles. The van der Waals surface area contributed by atoms with E-state index in [1.807, 2.05) is 0 Å². The van der Waals surface area contributed by atoms with Crippen molar-refractivity contribution >= 4 is 0 Å². The second kappa shape index (κ2) is 6.79. The zero-order valence-corrected chi connectivity index (χ0v) is 13.6. The van der Waals surface area contributed by atoms with Crippen LogP contribution in [0, 0.1) is 11.8 Å². The number of fused-ring (bicyclic) bond motifs is 1. The molecule has 2 aliphatic carbocycles. The molecule has 2 heteroatoms. The maximum absolute atomic E-state index is 3.88. The average molecular weight is 278 g/mol. The van der Waals surface area contributed by atoms with Crippen LogP contribution in [0.2, 0.25) is 0 Å². The Bertz CT molecular complexity index is 302. The fraction of sp³-hybridized carbons (Fsp3) is 1.00. The smallest absolute Gasteiger partial charge is 0.0254 e. The van der Waals surface area contributed by atoms with E-state index in [1.165, 1.54) is 70.9 Å². The highest BCUT2D eigenvalue weighted by molar-refractivity contribution is 4.98. The molecule has 2 saturated carbocycles. The lowest BCUT2D eigenvalue weighted by molar-refractivity contribution is 0.0220. The van der Waals surface area contributed by atoms with Crippen LogP contribution in [-0.2, 0) is 0 Å². The average Bonchev–Trinajstić information content (AvgIpc) is 2.94. The van der Waals surface area contributed by atoms with Crippen molar-refractivity contribution < 1.29 is 0 Å². The second-order valence-corrected chi connectivity index (χ2v) is 7.68. The highest BCUT2D eigenvalue weighted by Crippen LogP contribution is 2.40. The van der Waals surface area contributed by atoms with Gasteiger partial charge in [-0.3, -0.25) is 4.90 Å². The normalized spacial score (nSPS) is 42.6. The Morgan fingerprint density at radius 2 is 1.85 bits per heavy atom. The number of likely N-dealkylation sites (tertiary alicyclic amines) is 1. The Labute approximate surface area is 125 Å². The summed E-state index contributed by atoms with van der Waals surface area (Å²) in [5.74, 6) is 1.97. The summed E-state index contributed by atoms with van der Waals surface area (Å²) >= 11 is 0. The summed E-state index contributed by atoms with van der Waals surface area (Å²) in [5, 5.41) is 3.88. The van der Waals surface area contributed by atoms with E-state index >= 15 is 0 Å². The van der Waals surface area contributed by atoms with Crippen molar-refractivity contribution in [3.05, 3.63) is 0 Å². The Morgan fingerprint density at radius 3 is 2.70 bits per heavy atom. The van der Waals surface area contributed by atoms with Gasteiger partial charge in [0.05, 0.1) is 0 Å². The number of nitrogens with one attached hydrogen (secondary N) is 1. The summed E-state index contributed by atoms with van der Waals surface area (Å²) in [7, 11) is 0. The number of rotatable bonds is 4. The lowest BCUT2D eigenvalue weighted by Crippen LogP contribution is -2.58. The lowest BCUT2D eigenvalue weighted by atomic mass is 9.79. The summed E-state index contributed by atoms with van der Waals surface area (Å²) < 4.78 is 0. The maximum atomic E-state index is 3.88. The molecule has 0 amide bonds. The molecule has 0 bridgehead atoms. The summed E-state index contributed by atoms with van der Waals surface area (Å²) in [4.78, 5) is 2.96. The minimum Gasteiger partial charge on any atom is -0.312 e. The van der Waals surface area contributed by atoms with Crippen LogP contribution in [0.5, 0.6) is 0 Å². The van der Waals surface area contributed by atoms with E-state index in [0.29, 0.717) is 0 Å². The molecular weight excluding hydrogens is 244 g/mol. The SMILES string of the molecule is CCCNC1CCC(C)CC1N1CCCC2CCCC21. The molecule has 1 N–H and O–H groups in total. The van der Waals surface area contributed by atoms with Crippen molar-refractivity contribution in [1.29, 1.82) is 0 Å². The minimum atomic E-state index is 0.769. The molecule has 0 spiro atoms. The van der Waals surface area contributed by atoms with E-state index in [1.54, 1.807) is 0 Å². The molecule has 0 aromatic heterocycles. The first-order valence-corrected chi connectivity index (χ1v) is 9.28. The zero-order valence-electron chi connectivity index (χ0n) is 13.6. The van der Waals surface area contributed by atoms with Gasteiger partial charge in [0.1, 0.15) is 0 Å². The summed E-state index contributed by atoms with van der Waals surface area (Å²) in [5.41, 5.74) is 0. The topological polar surface area (TPSA) is 15.3 Å². The molecule has 20 heavy (non-hydrogen) atoms. The molecule has 5 atom stereocenters. The van der Waals surface area contributed by atoms with Gasteiger partial charge in [0.15, 0.2) is 0 Å². The van der Waals surface area contributed by atoms with Gasteiger partial charge in [-0.05, 0) is 76.3 Å². The molecule has 0 aromatic rings. The predicted octanol–water partition coefficient (Wildman–Crippen LogP) is 3.81. The predicted molar refractivity (Wildman–Crippen MR) is 86.0 cm³/mol. The van der Waals surface area contributed by atoms with Gasteiger partial charge in [0.2, 0.25) is 0 Å². The van der Waals surface area contributed by atoms with E-state index in [9.17, 15) is 0 Å². The van der Waals surface area contributed by atoms with Gasteiger partial charge >= 0.3 is 0 Å². The van der Waals surface area contributed by atoms with Crippen molar-refractivity contribution in [2.45, 2.75) is 89.8 Å². The molecule has 2 nitrogen and oxygen atoms in total. The highest BCUT2D eigenvalue weighted by atomic mass is 15.2. The molecule has 3 aliphatic rings. The van der Waals surface area contributed by atoms with E-state index in [0.717, 1.165) is 30.0 Å². The largest absolute Gasteiger partial charge is 0.312 e. The molecule has 5 unspecified atom stereocenters. The standard InChI is InChI=1S/C18H34N2/c1-3-11-19-16-10-9-14(2)13-18(16)20-12-5-7-15-6-4-8-17(15)20/h14-19H,3-13H2,1-2H3. The summed E-state index contributed by atoms with van der Waals surface area (Å²) in [6.45, 7) is 7.35. The molecule has 1 aliphatic heterocycles. The molecule has 3 fully saturated rings. The van der Waals surface area contributed by atoms with Gasteiger partial charge in [-0.15, -0.1) is 0 Å². The fourth-order valence-electron chi connectivity index (χ4n) is 5.19. The summed E-state index contributed by atoms with van der Waals surface area (Å²) in [6.07, 6.45) is 13.0. The van der Waals surface area contributed by atoms with E-state index in [-0.39, 0.29) is 0 Å². The van der Waals surface area contributed by atoms with Crippen LogP contribution in [0.3, 0.4) is 0 Å². The van der Waals surface area contributed by atoms with Crippen LogP contribution in [0.15, 0.2) is 0 Å². The van der Waals surface area contributed by atoms with E-state index in [4.69, 9.17) is 0 Å². The Kier molecular flexibility index (Phi) is 5.04. The van der Waals surface area contributed by atoms with Crippen molar-refractivity contribution in [1.82, 2.24) is 10.2 Å². The molecule has 116 valence electrons. The van der Waals surface area contributed by atoms with E-state index < -0.39 is 0 Å². The van der Waals surface area contributed by atoms with Crippen LogP contribution in [-0.4, -0.2) is 36.1 Å². The van der Waals surface area contributed by atoms with Crippen molar-refractivity contribution in [3.8, 4) is 0 Å². The van der Waals surface area contributed by atoms with Gasteiger partial charge in [0, 0.05) is 18.1 Å². The number of hydrogen-bond donors (Lipinski definition) is 1. The first kappa shape index (κ1) is 14.8. The molecule has 0 aromatic carbocycles. The van der Waals surface area contributed by atoms with Crippen LogP contribution < -0.4 is 5.32 Å². The number of hydrogen-bond acceptors (Lipinski definition) is 2. The monoisotopic (exact) mass is 278 g/mol.